The molecule has 20 heavy (non-hydrogen) atoms. The van der Waals surface area contributed by atoms with Crippen LogP contribution in [0.3, 0.4) is 0 Å². The zero-order valence-corrected chi connectivity index (χ0v) is 14.0. The van der Waals surface area contributed by atoms with Gasteiger partial charge in [-0.2, -0.15) is 0 Å². The van der Waals surface area contributed by atoms with Crippen LogP contribution < -0.4 is 16.4 Å². The Morgan fingerprint density at radius 2 is 1.55 bits per heavy atom. The second kappa shape index (κ2) is 20.7. The molecule has 0 aliphatic rings. The first kappa shape index (κ1) is 21.7. The van der Waals surface area contributed by atoms with Crippen molar-refractivity contribution in [3.05, 3.63) is 0 Å². The van der Waals surface area contributed by atoms with Crippen LogP contribution in [0, 0.1) is 0 Å². The van der Waals surface area contributed by atoms with E-state index in [1.807, 2.05) is 13.8 Å². The monoisotopic (exact) mass is 293 g/mol. The van der Waals surface area contributed by atoms with Gasteiger partial charge in [0.05, 0.1) is 0 Å². The highest BCUT2D eigenvalue weighted by molar-refractivity contribution is 5.75. The summed E-state index contributed by atoms with van der Waals surface area (Å²) in [6.45, 7) is 9.71. The Bertz CT molecular complexity index is 199. The van der Waals surface area contributed by atoms with Gasteiger partial charge >= 0.3 is 0 Å². The summed E-state index contributed by atoms with van der Waals surface area (Å²) in [7, 11) is 0. The Balaban J connectivity index is -0.000000207. The Labute approximate surface area is 130 Å². The van der Waals surface area contributed by atoms with Crippen molar-refractivity contribution in [2.75, 3.05) is 26.2 Å². The molecule has 4 nitrogen and oxygen atoms in total. The predicted molar refractivity (Wildman–Crippen MR) is 95.2 cm³/mol. The quantitative estimate of drug-likeness (QED) is 0.455. The lowest BCUT2D eigenvalue weighted by Gasteiger charge is -2.04. The summed E-state index contributed by atoms with van der Waals surface area (Å²) in [5, 5.41) is 6.21. The van der Waals surface area contributed by atoms with Gasteiger partial charge in [-0.15, -0.1) is 0 Å². The van der Waals surface area contributed by atoms with Crippen LogP contribution in [0.4, 0.5) is 0 Å². The zero-order chi connectivity index (χ0) is 15.5. The van der Waals surface area contributed by atoms with Crippen molar-refractivity contribution in [2.45, 2.75) is 72.1 Å². The second-order valence-corrected chi connectivity index (χ2v) is 4.72. The highest BCUT2D eigenvalue weighted by Crippen LogP contribution is 2.06. The Kier molecular flexibility index (Phi) is 22.4. The molecule has 0 heterocycles. The molecule has 0 radical (unpaired) electrons. The number of nitrogens with one attached hydrogen (secondary N) is 2. The van der Waals surface area contributed by atoms with E-state index in [4.69, 9.17) is 5.73 Å². The number of nitrogens with two attached hydrogens (primary N) is 1. The summed E-state index contributed by atoms with van der Waals surface area (Å²) in [6.07, 6.45) is 8.85. The first-order valence-electron chi connectivity index (χ1n) is 8.48. The van der Waals surface area contributed by atoms with Crippen molar-refractivity contribution >= 4 is 5.91 Å². The normalized spacial score (nSPS) is 9.80. The maximum atomic E-state index is 11.4. The molecule has 0 unspecified atom stereocenters. The molecule has 4 heteroatoms. The average molecular weight is 294 g/mol. The fourth-order valence-electron chi connectivity index (χ4n) is 1.84. The molecule has 0 saturated carbocycles. The first-order valence-corrected chi connectivity index (χ1v) is 8.48. The van der Waals surface area contributed by atoms with Gasteiger partial charge < -0.3 is 16.4 Å². The molecule has 0 atom stereocenters. The van der Waals surface area contributed by atoms with Gasteiger partial charge in [0.1, 0.15) is 0 Å². The lowest BCUT2D eigenvalue weighted by Crippen LogP contribution is -2.25. The number of hydrogen-bond acceptors (Lipinski definition) is 3. The van der Waals surface area contributed by atoms with Crippen molar-refractivity contribution in [3.8, 4) is 0 Å². The van der Waals surface area contributed by atoms with E-state index < -0.39 is 0 Å². The summed E-state index contributed by atoms with van der Waals surface area (Å²) < 4.78 is 0. The number of unbranched alkanes of at least 4 members (excludes halogenated alkanes) is 5. The molecule has 0 rings (SSSR count). The summed E-state index contributed by atoms with van der Waals surface area (Å²) in [5.41, 5.74) is 5.36. The van der Waals surface area contributed by atoms with Gasteiger partial charge in [0.15, 0.2) is 0 Å². The average Bonchev–Trinajstić information content (AvgIpc) is 2.48. The van der Waals surface area contributed by atoms with Crippen LogP contribution in [0.25, 0.3) is 0 Å². The standard InChI is InChI=1S/C14H31N3O.C2H6.3H2/c1-2-16-12-8-6-4-3-5-7-10-14(18)17-13-9-11-15;1-2;;;/h16H,2-13,15H2,1H3,(H,17,18);1-2H3;3*1H. The maximum absolute atomic E-state index is 11.4. The highest BCUT2D eigenvalue weighted by atomic mass is 16.1. The van der Waals surface area contributed by atoms with Crippen LogP contribution in [-0.4, -0.2) is 32.1 Å². The van der Waals surface area contributed by atoms with Crippen molar-refractivity contribution in [3.63, 3.8) is 0 Å². The van der Waals surface area contributed by atoms with Crippen LogP contribution >= 0.6 is 0 Å². The minimum atomic E-state index is 0. The minimum absolute atomic E-state index is 0. The molecule has 0 fully saturated rings. The fourth-order valence-corrected chi connectivity index (χ4v) is 1.84. The Hall–Kier alpha value is -0.610. The smallest absolute Gasteiger partial charge is 0.219 e. The van der Waals surface area contributed by atoms with E-state index >= 15 is 0 Å². The minimum Gasteiger partial charge on any atom is -0.356 e. The van der Waals surface area contributed by atoms with Crippen LogP contribution in [-0.2, 0) is 4.79 Å². The van der Waals surface area contributed by atoms with E-state index in [2.05, 4.69) is 17.6 Å². The van der Waals surface area contributed by atoms with Gasteiger partial charge in [-0.3, -0.25) is 4.79 Å². The molecule has 0 aromatic carbocycles. The fraction of sp³-hybridized carbons (Fsp3) is 0.938. The third-order valence-corrected chi connectivity index (χ3v) is 2.96. The largest absolute Gasteiger partial charge is 0.356 e. The van der Waals surface area contributed by atoms with E-state index in [0.29, 0.717) is 13.0 Å². The van der Waals surface area contributed by atoms with Gasteiger partial charge in [-0.1, -0.05) is 46.5 Å². The van der Waals surface area contributed by atoms with Gasteiger partial charge in [0, 0.05) is 17.2 Å². The number of carbonyl (C=O) groups excluding carboxylic acids is 1. The lowest BCUT2D eigenvalue weighted by atomic mass is 10.1. The first-order chi connectivity index (χ1) is 9.81. The number of amides is 1. The summed E-state index contributed by atoms with van der Waals surface area (Å²) in [4.78, 5) is 11.4. The topological polar surface area (TPSA) is 67.2 Å². The SMILES string of the molecule is CC.CCNCCCCCCCCC(=O)NCCCN.[HH].[HH].[HH]. The molecule has 0 bridgehead atoms. The summed E-state index contributed by atoms with van der Waals surface area (Å²) in [5.74, 6) is 0.176. The van der Waals surface area contributed by atoms with Crippen molar-refractivity contribution in [1.29, 1.82) is 0 Å². The second-order valence-electron chi connectivity index (χ2n) is 4.72. The maximum Gasteiger partial charge on any atom is 0.219 e. The molecular formula is C16H43N3O. The van der Waals surface area contributed by atoms with Crippen LogP contribution in [0.2, 0.25) is 0 Å². The Morgan fingerprint density at radius 3 is 2.15 bits per heavy atom. The number of rotatable bonds is 13. The van der Waals surface area contributed by atoms with E-state index in [1.165, 1.54) is 32.1 Å². The number of hydrogen-bond donors (Lipinski definition) is 3. The molecule has 0 aliphatic heterocycles. The Morgan fingerprint density at radius 1 is 0.950 bits per heavy atom. The van der Waals surface area contributed by atoms with Gasteiger partial charge in [0.25, 0.3) is 0 Å². The lowest BCUT2D eigenvalue weighted by molar-refractivity contribution is -0.121. The molecule has 4 N–H and O–H groups in total. The van der Waals surface area contributed by atoms with Crippen LogP contribution in [0.1, 0.15) is 76.4 Å². The number of carbonyl (C=O) groups is 1. The third-order valence-electron chi connectivity index (χ3n) is 2.96. The van der Waals surface area contributed by atoms with Crippen molar-refractivity contribution < 1.29 is 9.07 Å². The van der Waals surface area contributed by atoms with Crippen molar-refractivity contribution in [1.82, 2.24) is 10.6 Å². The zero-order valence-electron chi connectivity index (χ0n) is 14.0. The van der Waals surface area contributed by atoms with E-state index in [1.54, 1.807) is 0 Å². The molecule has 0 aromatic heterocycles. The summed E-state index contributed by atoms with van der Waals surface area (Å²) >= 11 is 0. The van der Waals surface area contributed by atoms with Crippen LogP contribution in [0.5, 0.6) is 0 Å². The van der Waals surface area contributed by atoms with Crippen LogP contribution in [0.15, 0.2) is 0 Å². The molecule has 1 amide bonds. The molecule has 0 aromatic rings. The van der Waals surface area contributed by atoms with Crippen molar-refractivity contribution in [2.24, 2.45) is 5.73 Å². The van der Waals surface area contributed by atoms with Gasteiger partial charge in [-0.05, 0) is 38.9 Å². The van der Waals surface area contributed by atoms with Gasteiger partial charge in [-0.25, -0.2) is 0 Å². The van der Waals surface area contributed by atoms with Gasteiger partial charge in [0.2, 0.25) is 5.91 Å². The molecule has 0 spiro atoms. The third kappa shape index (κ3) is 19.7. The highest BCUT2D eigenvalue weighted by Gasteiger charge is 1.99. The van der Waals surface area contributed by atoms with E-state index in [9.17, 15) is 4.79 Å². The van der Waals surface area contributed by atoms with E-state index in [-0.39, 0.29) is 10.2 Å². The molecule has 0 saturated heterocycles. The summed E-state index contributed by atoms with van der Waals surface area (Å²) in [6, 6.07) is 0. The predicted octanol–water partition coefficient (Wildman–Crippen LogP) is 3.56. The van der Waals surface area contributed by atoms with E-state index in [0.717, 1.165) is 32.5 Å². The molecular weight excluding hydrogens is 250 g/mol. The molecule has 128 valence electrons. The molecule has 0 aliphatic carbocycles.